The van der Waals surface area contributed by atoms with E-state index in [0.717, 1.165) is 36.9 Å². The van der Waals surface area contributed by atoms with Crippen LogP contribution in [0.15, 0.2) is 30.3 Å². The number of aromatic amines is 2. The van der Waals surface area contributed by atoms with Crippen LogP contribution in [0.2, 0.25) is 0 Å². The molecule has 4 aromatic rings. The molecule has 6 rings (SSSR count). The number of halogens is 1. The Kier molecular flexibility index (Phi) is 7.07. The molecule has 0 aliphatic carbocycles. The minimum Gasteiger partial charge on any atom is -0.492 e. The average Bonchev–Trinajstić information content (AvgIpc) is 3.62. The fourth-order valence-corrected chi connectivity index (χ4v) is 5.98. The Morgan fingerprint density at radius 3 is 2.05 bits per heavy atom. The summed E-state index contributed by atoms with van der Waals surface area (Å²) in [6.07, 6.45) is 0. The number of carbonyl (C=O) groups is 2. The maximum Gasteiger partial charge on any atom is 0.355 e. The molecule has 0 spiro atoms. The van der Waals surface area contributed by atoms with Crippen LogP contribution < -0.4 is 9.47 Å². The SMILES string of the molecule is CCOC(=O)c1[nH]c2ccc3c(c2c1I)OCC3(C)C.CCOC(=O)c1cc2c3c(ccc2[nH]1)C(C)(C)CO3. The number of H-pyrrole nitrogens is 2. The molecule has 2 N–H and O–H groups in total. The Hall–Kier alpha value is -3.21. The molecule has 0 saturated carbocycles. The fourth-order valence-electron chi connectivity index (χ4n) is 5.09. The minimum absolute atomic E-state index is 0.00790. The molecule has 0 atom stereocenters. The molecule has 0 amide bonds. The molecule has 2 aromatic heterocycles. The zero-order valence-corrected chi connectivity index (χ0v) is 25.2. The van der Waals surface area contributed by atoms with Gasteiger partial charge in [-0.15, -0.1) is 0 Å². The minimum atomic E-state index is -0.329. The zero-order valence-electron chi connectivity index (χ0n) is 23.0. The number of hydrogen-bond donors (Lipinski definition) is 2. The average molecular weight is 645 g/mol. The number of nitrogens with one attached hydrogen (secondary N) is 2. The number of carbonyl (C=O) groups excluding carboxylic acids is 2. The van der Waals surface area contributed by atoms with E-state index in [2.05, 4.69) is 72.4 Å². The van der Waals surface area contributed by atoms with Crippen LogP contribution >= 0.6 is 22.6 Å². The Bertz CT molecular complexity index is 1600. The highest BCUT2D eigenvalue weighted by Crippen LogP contribution is 2.45. The molecule has 2 aliphatic rings. The lowest BCUT2D eigenvalue weighted by Crippen LogP contribution is -2.18. The molecular weight excluding hydrogens is 611 g/mol. The van der Waals surface area contributed by atoms with Gasteiger partial charge in [0.1, 0.15) is 22.9 Å². The summed E-state index contributed by atoms with van der Waals surface area (Å²) < 4.78 is 22.6. The number of rotatable bonds is 4. The fraction of sp³-hybridized carbons (Fsp3) is 0.400. The van der Waals surface area contributed by atoms with Crippen molar-refractivity contribution in [2.75, 3.05) is 26.4 Å². The smallest absolute Gasteiger partial charge is 0.355 e. The molecule has 0 unspecified atom stereocenters. The van der Waals surface area contributed by atoms with E-state index in [-0.39, 0.29) is 22.8 Å². The van der Waals surface area contributed by atoms with Crippen molar-refractivity contribution >= 4 is 56.3 Å². The summed E-state index contributed by atoms with van der Waals surface area (Å²) in [4.78, 5) is 29.9. The summed E-state index contributed by atoms with van der Waals surface area (Å²) in [5.74, 6) is 1.13. The van der Waals surface area contributed by atoms with Gasteiger partial charge in [0, 0.05) is 32.9 Å². The largest absolute Gasteiger partial charge is 0.492 e. The second-order valence-electron chi connectivity index (χ2n) is 11.1. The van der Waals surface area contributed by atoms with Crippen LogP contribution in [-0.4, -0.2) is 48.3 Å². The van der Waals surface area contributed by atoms with Gasteiger partial charge in [-0.1, -0.05) is 39.8 Å². The maximum absolute atomic E-state index is 12.0. The second-order valence-corrected chi connectivity index (χ2v) is 12.1. The van der Waals surface area contributed by atoms with Gasteiger partial charge >= 0.3 is 11.9 Å². The van der Waals surface area contributed by atoms with Crippen LogP contribution in [0.4, 0.5) is 0 Å². The Morgan fingerprint density at radius 1 is 0.846 bits per heavy atom. The summed E-state index contributed by atoms with van der Waals surface area (Å²) in [7, 11) is 0. The van der Waals surface area contributed by atoms with E-state index in [0.29, 0.717) is 37.8 Å². The third kappa shape index (κ3) is 4.74. The molecule has 0 bridgehead atoms. The van der Waals surface area contributed by atoms with E-state index in [1.165, 1.54) is 11.1 Å². The van der Waals surface area contributed by atoms with Gasteiger partial charge in [0.15, 0.2) is 0 Å². The Balaban J connectivity index is 0.000000158. The monoisotopic (exact) mass is 644 g/mol. The summed E-state index contributed by atoms with van der Waals surface area (Å²) in [6.45, 7) is 14.3. The van der Waals surface area contributed by atoms with Gasteiger partial charge in [-0.3, -0.25) is 0 Å². The normalized spacial score (nSPS) is 16.1. The van der Waals surface area contributed by atoms with Crippen LogP contribution in [-0.2, 0) is 20.3 Å². The second kappa shape index (κ2) is 10.1. The molecule has 39 heavy (non-hydrogen) atoms. The summed E-state index contributed by atoms with van der Waals surface area (Å²) in [6, 6.07) is 9.96. The van der Waals surface area contributed by atoms with E-state index in [9.17, 15) is 9.59 Å². The summed E-state index contributed by atoms with van der Waals surface area (Å²) in [5, 5.41) is 1.93. The quantitative estimate of drug-likeness (QED) is 0.191. The first-order valence-corrected chi connectivity index (χ1v) is 14.2. The third-order valence-electron chi connectivity index (χ3n) is 7.20. The van der Waals surface area contributed by atoms with Crippen LogP contribution in [0.5, 0.6) is 11.5 Å². The number of esters is 2. The number of aromatic nitrogens is 2. The molecule has 4 heterocycles. The third-order valence-corrected chi connectivity index (χ3v) is 8.28. The lowest BCUT2D eigenvalue weighted by molar-refractivity contribution is 0.0510. The molecule has 2 aromatic carbocycles. The molecule has 2 aliphatic heterocycles. The van der Waals surface area contributed by atoms with Crippen molar-refractivity contribution in [1.82, 2.24) is 9.97 Å². The van der Waals surface area contributed by atoms with Crippen molar-refractivity contribution in [2.45, 2.75) is 52.4 Å². The predicted octanol–water partition coefficient (Wildman–Crippen LogP) is 6.63. The number of ether oxygens (including phenoxy) is 4. The molecule has 8 nitrogen and oxygen atoms in total. The van der Waals surface area contributed by atoms with Crippen molar-refractivity contribution in [1.29, 1.82) is 0 Å². The van der Waals surface area contributed by atoms with Gasteiger partial charge in [0.25, 0.3) is 0 Å². The first-order chi connectivity index (χ1) is 18.5. The van der Waals surface area contributed by atoms with Crippen molar-refractivity contribution in [3.05, 3.63) is 56.4 Å². The molecule has 206 valence electrons. The van der Waals surface area contributed by atoms with Crippen LogP contribution in [0, 0.1) is 3.57 Å². The Labute approximate surface area is 240 Å². The molecular formula is C30H33IN2O6. The standard InChI is InChI=1S/C15H16INO3.C15H17NO3/c1-4-19-14(18)12-11(16)10-9(17-12)6-5-8-13(10)20-7-15(8,2)3;1-4-18-14(17)12-7-9-11(16-12)6-5-10-13(9)19-8-15(10,2)3/h5-6,17H,4,7H2,1-3H3;5-7,16H,4,8H2,1-3H3. The topological polar surface area (TPSA) is 103 Å². The number of benzene rings is 2. The lowest BCUT2D eigenvalue weighted by atomic mass is 9.86. The van der Waals surface area contributed by atoms with E-state index < -0.39 is 0 Å². The van der Waals surface area contributed by atoms with E-state index in [1.54, 1.807) is 13.8 Å². The number of fused-ring (bicyclic) bond motifs is 6. The Morgan fingerprint density at radius 2 is 1.41 bits per heavy atom. The van der Waals surface area contributed by atoms with Crippen LogP contribution in [0.25, 0.3) is 21.8 Å². The molecule has 9 heteroatoms. The summed E-state index contributed by atoms with van der Waals surface area (Å²) in [5.41, 5.74) is 5.20. The zero-order chi connectivity index (χ0) is 28.1. The van der Waals surface area contributed by atoms with Gasteiger partial charge < -0.3 is 28.9 Å². The van der Waals surface area contributed by atoms with Gasteiger partial charge in [0.05, 0.1) is 40.9 Å². The van der Waals surface area contributed by atoms with E-state index in [4.69, 9.17) is 18.9 Å². The van der Waals surface area contributed by atoms with E-state index in [1.807, 2.05) is 18.2 Å². The molecule has 0 fully saturated rings. The van der Waals surface area contributed by atoms with Gasteiger partial charge in [-0.2, -0.15) is 0 Å². The van der Waals surface area contributed by atoms with E-state index >= 15 is 0 Å². The highest BCUT2D eigenvalue weighted by atomic mass is 127. The lowest BCUT2D eigenvalue weighted by Gasteiger charge is -2.14. The maximum atomic E-state index is 12.0. The first kappa shape index (κ1) is 27.4. The van der Waals surface area contributed by atoms with Crippen LogP contribution in [0.1, 0.15) is 73.6 Å². The molecule has 0 saturated heterocycles. The highest BCUT2D eigenvalue weighted by Gasteiger charge is 2.35. The van der Waals surface area contributed by atoms with Crippen molar-refractivity contribution in [3.63, 3.8) is 0 Å². The number of hydrogen-bond acceptors (Lipinski definition) is 6. The summed E-state index contributed by atoms with van der Waals surface area (Å²) >= 11 is 2.18. The van der Waals surface area contributed by atoms with Crippen molar-refractivity contribution in [3.8, 4) is 11.5 Å². The van der Waals surface area contributed by atoms with Crippen molar-refractivity contribution in [2.24, 2.45) is 0 Å². The van der Waals surface area contributed by atoms with Gasteiger partial charge in [-0.25, -0.2) is 9.59 Å². The molecule has 0 radical (unpaired) electrons. The predicted molar refractivity (Wildman–Crippen MR) is 158 cm³/mol. The van der Waals surface area contributed by atoms with Crippen molar-refractivity contribution < 1.29 is 28.5 Å². The first-order valence-electron chi connectivity index (χ1n) is 13.1. The van der Waals surface area contributed by atoms with Crippen LogP contribution in [0.3, 0.4) is 0 Å². The van der Waals surface area contributed by atoms with Gasteiger partial charge in [0.2, 0.25) is 0 Å². The highest BCUT2D eigenvalue weighted by molar-refractivity contribution is 14.1. The van der Waals surface area contributed by atoms with Gasteiger partial charge in [-0.05, 0) is 54.6 Å².